The summed E-state index contributed by atoms with van der Waals surface area (Å²) in [6.45, 7) is 3.71. The van der Waals surface area contributed by atoms with Crippen molar-refractivity contribution in [2.24, 2.45) is 0 Å². The quantitative estimate of drug-likeness (QED) is 0.718. The fourth-order valence-electron chi connectivity index (χ4n) is 2.69. The van der Waals surface area contributed by atoms with E-state index in [1.54, 1.807) is 30.5 Å². The number of hydrogen-bond acceptors (Lipinski definition) is 5. The van der Waals surface area contributed by atoms with Crippen LogP contribution >= 0.6 is 11.3 Å². The molecule has 1 aliphatic rings. The number of carbonyl (C=O) groups is 2. The van der Waals surface area contributed by atoms with Gasteiger partial charge in [-0.25, -0.2) is 4.98 Å². The molecule has 6 nitrogen and oxygen atoms in total. The summed E-state index contributed by atoms with van der Waals surface area (Å²) in [5.74, 6) is 0.0598. The molecule has 4 rings (SSSR count). The Balaban J connectivity index is 1.51. The number of carbonyl (C=O) groups excluding carboxylic acids is 2. The van der Waals surface area contributed by atoms with E-state index in [0.717, 1.165) is 10.6 Å². The average molecular weight is 379 g/mol. The van der Waals surface area contributed by atoms with Crippen molar-refractivity contribution in [2.45, 2.75) is 20.0 Å². The zero-order chi connectivity index (χ0) is 19.0. The summed E-state index contributed by atoms with van der Waals surface area (Å²) in [6.07, 6.45) is -0.534. The fraction of sp³-hybridized carbons (Fsp3) is 0.150. The minimum absolute atomic E-state index is 0.215. The number of hydrogen-bond donors (Lipinski definition) is 2. The van der Waals surface area contributed by atoms with E-state index in [9.17, 15) is 9.59 Å². The number of benzene rings is 2. The van der Waals surface area contributed by atoms with Crippen LogP contribution in [0.5, 0.6) is 5.75 Å². The molecule has 1 unspecified atom stereocenters. The van der Waals surface area contributed by atoms with Crippen molar-refractivity contribution in [2.75, 3.05) is 10.6 Å². The Morgan fingerprint density at radius 1 is 1.22 bits per heavy atom. The maximum atomic E-state index is 12.5. The highest BCUT2D eigenvalue weighted by molar-refractivity contribution is 7.13. The smallest absolute Gasteiger partial charge is 0.275 e. The Morgan fingerprint density at radius 2 is 2.00 bits per heavy atom. The summed E-state index contributed by atoms with van der Waals surface area (Å²) < 4.78 is 5.51. The topological polar surface area (TPSA) is 80.3 Å². The summed E-state index contributed by atoms with van der Waals surface area (Å²) in [5.41, 5.74) is 3.59. The van der Waals surface area contributed by atoms with Gasteiger partial charge in [0.2, 0.25) is 0 Å². The number of nitrogens with one attached hydrogen (secondary N) is 2. The van der Waals surface area contributed by atoms with Crippen LogP contribution in [0.15, 0.2) is 47.8 Å². The van der Waals surface area contributed by atoms with Crippen LogP contribution in [0.4, 0.5) is 11.4 Å². The van der Waals surface area contributed by atoms with Gasteiger partial charge in [-0.1, -0.05) is 29.8 Å². The van der Waals surface area contributed by atoms with Gasteiger partial charge in [0.1, 0.15) is 16.5 Å². The molecule has 0 radical (unpaired) electrons. The van der Waals surface area contributed by atoms with Gasteiger partial charge >= 0.3 is 0 Å². The second-order valence-electron chi connectivity index (χ2n) is 6.32. The van der Waals surface area contributed by atoms with Gasteiger partial charge in [0.15, 0.2) is 6.10 Å². The zero-order valence-corrected chi connectivity index (χ0v) is 15.6. The van der Waals surface area contributed by atoms with Crippen LogP contribution < -0.4 is 15.4 Å². The molecule has 0 fully saturated rings. The lowest BCUT2D eigenvalue weighted by Gasteiger charge is -2.23. The van der Waals surface area contributed by atoms with E-state index < -0.39 is 6.10 Å². The van der Waals surface area contributed by atoms with Gasteiger partial charge in [-0.2, -0.15) is 0 Å². The van der Waals surface area contributed by atoms with Gasteiger partial charge < -0.3 is 15.4 Å². The molecule has 136 valence electrons. The zero-order valence-electron chi connectivity index (χ0n) is 14.8. The molecule has 2 heterocycles. The van der Waals surface area contributed by atoms with Gasteiger partial charge in [0, 0.05) is 16.6 Å². The number of aromatic nitrogens is 1. The van der Waals surface area contributed by atoms with Crippen molar-refractivity contribution >= 4 is 34.5 Å². The maximum Gasteiger partial charge on any atom is 0.275 e. The van der Waals surface area contributed by atoms with Crippen molar-refractivity contribution in [3.63, 3.8) is 0 Å². The van der Waals surface area contributed by atoms with Crippen molar-refractivity contribution in [1.29, 1.82) is 0 Å². The van der Waals surface area contributed by atoms with E-state index in [-0.39, 0.29) is 11.8 Å². The van der Waals surface area contributed by atoms with E-state index in [0.29, 0.717) is 22.8 Å². The number of fused-ring (bicyclic) bond motifs is 1. The van der Waals surface area contributed by atoms with Crippen molar-refractivity contribution in [3.8, 4) is 16.3 Å². The Labute approximate surface area is 160 Å². The highest BCUT2D eigenvalue weighted by Crippen LogP contribution is 2.32. The van der Waals surface area contributed by atoms with E-state index in [4.69, 9.17) is 4.74 Å². The van der Waals surface area contributed by atoms with E-state index >= 15 is 0 Å². The highest BCUT2D eigenvalue weighted by Gasteiger charge is 2.23. The van der Waals surface area contributed by atoms with Gasteiger partial charge in [-0.3, -0.25) is 9.59 Å². The lowest BCUT2D eigenvalue weighted by Crippen LogP contribution is -2.34. The highest BCUT2D eigenvalue weighted by atomic mass is 32.1. The number of aryl methyl sites for hydroxylation is 1. The molecule has 7 heteroatoms. The maximum absolute atomic E-state index is 12.5. The van der Waals surface area contributed by atoms with Crippen LogP contribution in [0.3, 0.4) is 0 Å². The molecule has 2 aromatic carbocycles. The minimum atomic E-state index is -0.534. The van der Waals surface area contributed by atoms with Crippen LogP contribution in [0, 0.1) is 6.92 Å². The lowest BCUT2D eigenvalue weighted by atomic mass is 10.2. The Morgan fingerprint density at radius 3 is 2.78 bits per heavy atom. The molecular formula is C20H17N3O3S. The first-order valence-corrected chi connectivity index (χ1v) is 9.33. The number of nitrogens with zero attached hydrogens (tertiary/aromatic N) is 1. The first kappa shape index (κ1) is 17.2. The third kappa shape index (κ3) is 3.54. The molecule has 1 aromatic heterocycles. The predicted molar refractivity (Wildman–Crippen MR) is 105 cm³/mol. The molecule has 0 aliphatic carbocycles. The van der Waals surface area contributed by atoms with Crippen LogP contribution in [0.2, 0.25) is 0 Å². The number of anilines is 2. The molecule has 0 spiro atoms. The summed E-state index contributed by atoms with van der Waals surface area (Å²) in [7, 11) is 0. The molecule has 2 amide bonds. The normalized spacial score (nSPS) is 15.5. The van der Waals surface area contributed by atoms with Crippen molar-refractivity contribution in [3.05, 3.63) is 59.1 Å². The van der Waals surface area contributed by atoms with Gasteiger partial charge in [-0.05, 0) is 32.0 Å². The molecule has 0 saturated carbocycles. The van der Waals surface area contributed by atoms with E-state index in [1.165, 1.54) is 16.9 Å². The van der Waals surface area contributed by atoms with Crippen molar-refractivity contribution < 1.29 is 14.3 Å². The molecular weight excluding hydrogens is 362 g/mol. The van der Waals surface area contributed by atoms with Gasteiger partial charge in [0.05, 0.1) is 5.69 Å². The molecule has 1 atom stereocenters. The summed E-state index contributed by atoms with van der Waals surface area (Å²) in [4.78, 5) is 28.7. The fourth-order valence-corrected chi connectivity index (χ4v) is 3.49. The molecule has 3 aromatic rings. The standard InChI is InChI=1S/C20H17N3O3S/c1-11-3-5-13(6-4-11)20-23-16(10-27-20)19(25)21-14-7-8-17-15(9-14)22-18(24)12(2)26-17/h3-10,12H,1-2H3,(H,21,25)(H,22,24). The average Bonchev–Trinajstić information content (AvgIpc) is 3.14. The Bertz CT molecular complexity index is 1030. The number of amides is 2. The molecule has 0 saturated heterocycles. The van der Waals surface area contributed by atoms with Crippen LogP contribution in [0.25, 0.3) is 10.6 Å². The van der Waals surface area contributed by atoms with E-state index in [2.05, 4.69) is 15.6 Å². The molecule has 0 bridgehead atoms. The summed E-state index contributed by atoms with van der Waals surface area (Å²) in [6, 6.07) is 13.1. The van der Waals surface area contributed by atoms with Gasteiger partial charge in [-0.15, -0.1) is 11.3 Å². The first-order chi connectivity index (χ1) is 13.0. The SMILES string of the molecule is Cc1ccc(-c2nc(C(=O)Nc3ccc4c(c3)NC(=O)C(C)O4)cs2)cc1. The summed E-state index contributed by atoms with van der Waals surface area (Å²) in [5, 5.41) is 8.09. The van der Waals surface area contributed by atoms with E-state index in [1.807, 2.05) is 31.2 Å². The molecule has 27 heavy (non-hydrogen) atoms. The third-order valence-electron chi connectivity index (χ3n) is 4.20. The first-order valence-electron chi connectivity index (χ1n) is 8.45. The molecule has 2 N–H and O–H groups in total. The number of ether oxygens (including phenoxy) is 1. The number of rotatable bonds is 3. The minimum Gasteiger partial charge on any atom is -0.479 e. The summed E-state index contributed by atoms with van der Waals surface area (Å²) >= 11 is 1.42. The predicted octanol–water partition coefficient (Wildman–Crippen LogP) is 4.09. The van der Waals surface area contributed by atoms with Crippen LogP contribution in [-0.2, 0) is 4.79 Å². The Kier molecular flexibility index (Phi) is 4.37. The van der Waals surface area contributed by atoms with Crippen LogP contribution in [-0.4, -0.2) is 22.9 Å². The monoisotopic (exact) mass is 379 g/mol. The number of thiazole rings is 1. The molecule has 1 aliphatic heterocycles. The van der Waals surface area contributed by atoms with Gasteiger partial charge in [0.25, 0.3) is 11.8 Å². The van der Waals surface area contributed by atoms with Crippen LogP contribution in [0.1, 0.15) is 23.0 Å². The second kappa shape index (κ2) is 6.85. The second-order valence-corrected chi connectivity index (χ2v) is 7.18. The Hall–Kier alpha value is -3.19. The van der Waals surface area contributed by atoms with Crippen molar-refractivity contribution in [1.82, 2.24) is 4.98 Å². The lowest BCUT2D eigenvalue weighted by molar-refractivity contribution is -0.122. The largest absolute Gasteiger partial charge is 0.479 e. The third-order valence-corrected chi connectivity index (χ3v) is 5.09.